The van der Waals surface area contributed by atoms with Crippen LogP contribution in [0.15, 0.2) is 91.3 Å². The van der Waals surface area contributed by atoms with Crippen molar-refractivity contribution in [2.45, 2.75) is 18.9 Å². The molecule has 0 radical (unpaired) electrons. The Balaban J connectivity index is 1.44. The van der Waals surface area contributed by atoms with Gasteiger partial charge in [0.1, 0.15) is 11.3 Å². The molecule has 35 heavy (non-hydrogen) atoms. The van der Waals surface area contributed by atoms with Gasteiger partial charge in [-0.3, -0.25) is 4.98 Å². The van der Waals surface area contributed by atoms with E-state index in [1.165, 1.54) is 10.8 Å². The Labute approximate surface area is 203 Å². The van der Waals surface area contributed by atoms with Gasteiger partial charge < -0.3 is 9.88 Å². The van der Waals surface area contributed by atoms with Gasteiger partial charge in [0.25, 0.3) is 0 Å². The summed E-state index contributed by atoms with van der Waals surface area (Å²) in [7, 11) is 0. The molecule has 0 unspecified atom stereocenters. The Morgan fingerprint density at radius 3 is 2.49 bits per heavy atom. The van der Waals surface area contributed by atoms with Crippen LogP contribution in [0.2, 0.25) is 0 Å². The van der Waals surface area contributed by atoms with Crippen molar-refractivity contribution in [3.63, 3.8) is 0 Å². The standard InChI is InChI=1S/C30H25N5/c1-2-6-22-17-23(11-10-20(22)5-1)24-18-27-30(33-19-24)35(25-12-15-31-16-13-25)29(34-27)26-9-3-7-21-8-4-14-32-28(21)26/h1-11,14,17-19,25,31H,12-13,15-16H2. The summed E-state index contributed by atoms with van der Waals surface area (Å²) in [5, 5.41) is 7.09. The smallest absolute Gasteiger partial charge is 0.160 e. The molecule has 4 heterocycles. The monoisotopic (exact) mass is 455 g/mol. The fourth-order valence-corrected chi connectivity index (χ4v) is 5.39. The van der Waals surface area contributed by atoms with Gasteiger partial charge in [0, 0.05) is 34.9 Å². The van der Waals surface area contributed by atoms with E-state index in [4.69, 9.17) is 15.0 Å². The van der Waals surface area contributed by atoms with E-state index in [2.05, 4.69) is 82.7 Å². The number of hydrogen-bond donors (Lipinski definition) is 1. The van der Waals surface area contributed by atoms with Crippen LogP contribution in [0.3, 0.4) is 0 Å². The first-order valence-corrected chi connectivity index (χ1v) is 12.3. The van der Waals surface area contributed by atoms with Gasteiger partial charge in [-0.15, -0.1) is 0 Å². The van der Waals surface area contributed by atoms with Crippen molar-refractivity contribution >= 4 is 32.8 Å². The molecule has 6 aromatic rings. The molecule has 0 saturated carbocycles. The summed E-state index contributed by atoms with van der Waals surface area (Å²) < 4.78 is 2.36. The van der Waals surface area contributed by atoms with Crippen molar-refractivity contribution < 1.29 is 0 Å². The molecule has 1 fully saturated rings. The molecule has 0 atom stereocenters. The molecule has 0 spiro atoms. The van der Waals surface area contributed by atoms with Crippen LogP contribution in [0.5, 0.6) is 0 Å². The fourth-order valence-electron chi connectivity index (χ4n) is 5.39. The highest BCUT2D eigenvalue weighted by atomic mass is 15.2. The molecular formula is C30H25N5. The average molecular weight is 456 g/mol. The van der Waals surface area contributed by atoms with E-state index in [0.29, 0.717) is 6.04 Å². The number of hydrogen-bond acceptors (Lipinski definition) is 4. The third-order valence-corrected chi connectivity index (χ3v) is 7.16. The molecule has 5 heteroatoms. The van der Waals surface area contributed by atoms with E-state index in [9.17, 15) is 0 Å². The summed E-state index contributed by atoms with van der Waals surface area (Å²) in [5.41, 5.74) is 6.16. The zero-order valence-electron chi connectivity index (χ0n) is 19.4. The lowest BCUT2D eigenvalue weighted by atomic mass is 10.0. The normalized spacial score (nSPS) is 14.7. The first kappa shape index (κ1) is 20.3. The fraction of sp³-hybridized carbons (Fsp3) is 0.167. The van der Waals surface area contributed by atoms with Crippen molar-refractivity contribution in [2.24, 2.45) is 0 Å². The Bertz CT molecular complexity index is 1690. The molecule has 5 nitrogen and oxygen atoms in total. The minimum absolute atomic E-state index is 0.356. The van der Waals surface area contributed by atoms with Gasteiger partial charge >= 0.3 is 0 Å². The van der Waals surface area contributed by atoms with Crippen molar-refractivity contribution in [2.75, 3.05) is 13.1 Å². The van der Waals surface area contributed by atoms with E-state index in [1.807, 2.05) is 18.5 Å². The minimum Gasteiger partial charge on any atom is -0.317 e. The van der Waals surface area contributed by atoms with Gasteiger partial charge in [-0.05, 0) is 66.5 Å². The lowest BCUT2D eigenvalue weighted by Gasteiger charge is -2.26. The summed E-state index contributed by atoms with van der Waals surface area (Å²) in [6.07, 6.45) is 5.98. The average Bonchev–Trinajstić information content (AvgIpc) is 3.31. The molecule has 0 aliphatic carbocycles. The summed E-state index contributed by atoms with van der Waals surface area (Å²) >= 11 is 0. The highest BCUT2D eigenvalue weighted by Gasteiger charge is 2.24. The molecule has 3 aromatic carbocycles. The summed E-state index contributed by atoms with van der Waals surface area (Å²) in [4.78, 5) is 14.9. The Morgan fingerprint density at radius 1 is 0.743 bits per heavy atom. The summed E-state index contributed by atoms with van der Waals surface area (Å²) in [6, 6.07) is 28.0. The van der Waals surface area contributed by atoms with E-state index < -0.39 is 0 Å². The molecule has 7 rings (SSSR count). The van der Waals surface area contributed by atoms with Crippen molar-refractivity contribution in [3.8, 4) is 22.5 Å². The molecule has 3 aromatic heterocycles. The Morgan fingerprint density at radius 2 is 1.57 bits per heavy atom. The minimum atomic E-state index is 0.356. The van der Waals surface area contributed by atoms with E-state index in [0.717, 1.165) is 70.5 Å². The van der Waals surface area contributed by atoms with Gasteiger partial charge in [0.05, 0.1) is 5.52 Å². The number of pyridine rings is 2. The van der Waals surface area contributed by atoms with E-state index >= 15 is 0 Å². The topological polar surface area (TPSA) is 55.6 Å². The van der Waals surface area contributed by atoms with Crippen LogP contribution in [0.25, 0.3) is 55.4 Å². The summed E-state index contributed by atoms with van der Waals surface area (Å²) in [6.45, 7) is 2.01. The molecule has 0 amide bonds. The van der Waals surface area contributed by atoms with Gasteiger partial charge in [-0.1, -0.05) is 54.6 Å². The lowest BCUT2D eigenvalue weighted by Crippen LogP contribution is -2.29. The van der Waals surface area contributed by atoms with Crippen molar-refractivity contribution in [1.82, 2.24) is 24.8 Å². The Kier molecular flexibility index (Phi) is 4.81. The van der Waals surface area contributed by atoms with Crippen LogP contribution in [0.4, 0.5) is 0 Å². The number of rotatable bonds is 3. The molecule has 1 aliphatic rings. The number of imidazole rings is 1. The van der Waals surface area contributed by atoms with Gasteiger partial charge in [0.2, 0.25) is 0 Å². The molecule has 0 bridgehead atoms. The molecule has 170 valence electrons. The van der Waals surface area contributed by atoms with Crippen LogP contribution < -0.4 is 5.32 Å². The number of nitrogens with zero attached hydrogens (tertiary/aromatic N) is 4. The maximum absolute atomic E-state index is 5.20. The second-order valence-electron chi connectivity index (χ2n) is 9.30. The number of fused-ring (bicyclic) bond motifs is 3. The number of piperidine rings is 1. The number of para-hydroxylation sites is 1. The molecular weight excluding hydrogens is 430 g/mol. The number of nitrogens with one attached hydrogen (secondary N) is 1. The predicted molar refractivity (Wildman–Crippen MR) is 142 cm³/mol. The maximum atomic E-state index is 5.20. The zero-order valence-corrected chi connectivity index (χ0v) is 19.4. The third-order valence-electron chi connectivity index (χ3n) is 7.16. The Hall–Kier alpha value is -4.09. The maximum Gasteiger partial charge on any atom is 0.160 e. The van der Waals surface area contributed by atoms with Gasteiger partial charge in [-0.25, -0.2) is 9.97 Å². The second-order valence-corrected chi connectivity index (χ2v) is 9.30. The van der Waals surface area contributed by atoms with Crippen LogP contribution in [-0.2, 0) is 0 Å². The quantitative estimate of drug-likeness (QED) is 0.336. The number of aromatic nitrogens is 4. The zero-order chi connectivity index (χ0) is 23.2. The van der Waals surface area contributed by atoms with Crippen LogP contribution >= 0.6 is 0 Å². The second kappa shape index (κ2) is 8.29. The largest absolute Gasteiger partial charge is 0.317 e. The summed E-state index contributed by atoms with van der Waals surface area (Å²) in [5.74, 6) is 0.958. The van der Waals surface area contributed by atoms with Crippen LogP contribution in [-0.4, -0.2) is 32.6 Å². The first-order chi connectivity index (χ1) is 17.3. The highest BCUT2D eigenvalue weighted by molar-refractivity contribution is 5.94. The van der Waals surface area contributed by atoms with Crippen molar-refractivity contribution in [3.05, 3.63) is 91.3 Å². The number of benzene rings is 3. The van der Waals surface area contributed by atoms with Crippen molar-refractivity contribution in [1.29, 1.82) is 0 Å². The highest BCUT2D eigenvalue weighted by Crippen LogP contribution is 2.35. The van der Waals surface area contributed by atoms with Gasteiger partial charge in [-0.2, -0.15) is 0 Å². The molecule has 1 N–H and O–H groups in total. The van der Waals surface area contributed by atoms with Crippen LogP contribution in [0, 0.1) is 0 Å². The molecule has 1 saturated heterocycles. The van der Waals surface area contributed by atoms with Gasteiger partial charge in [0.15, 0.2) is 5.65 Å². The SMILES string of the molecule is c1ccc2cc(-c3cnc4c(c3)nc(-c3cccc5cccnc35)n4C3CCNCC3)ccc2c1. The molecule has 1 aliphatic heterocycles. The lowest BCUT2D eigenvalue weighted by molar-refractivity contribution is 0.376. The predicted octanol–water partition coefficient (Wildman–Crippen LogP) is 6.39. The third kappa shape index (κ3) is 3.47. The van der Waals surface area contributed by atoms with E-state index in [1.54, 1.807) is 0 Å². The van der Waals surface area contributed by atoms with Crippen LogP contribution in [0.1, 0.15) is 18.9 Å². The first-order valence-electron chi connectivity index (χ1n) is 12.3. The van der Waals surface area contributed by atoms with E-state index in [-0.39, 0.29) is 0 Å².